The van der Waals surface area contributed by atoms with Gasteiger partial charge in [0.2, 0.25) is 0 Å². The molecule has 6 rings (SSSR count). The van der Waals surface area contributed by atoms with E-state index in [1.54, 1.807) is 16.0 Å². The fraction of sp³-hybridized carbons (Fsp3) is 0.167. The van der Waals surface area contributed by atoms with Crippen LogP contribution in [-0.2, 0) is 24.4 Å². The third-order valence-electron chi connectivity index (χ3n) is 6.64. The van der Waals surface area contributed by atoms with Gasteiger partial charge in [0.15, 0.2) is 0 Å². The molecule has 29 heavy (non-hydrogen) atoms. The summed E-state index contributed by atoms with van der Waals surface area (Å²) in [6, 6.07) is 26.0. The average molecular weight is 619 g/mol. The van der Waals surface area contributed by atoms with E-state index in [2.05, 4.69) is 73.7 Å². The van der Waals surface area contributed by atoms with Gasteiger partial charge in [-0.25, -0.2) is 0 Å². The Kier molecular flexibility index (Phi) is 5.58. The van der Waals surface area contributed by atoms with Crippen molar-refractivity contribution in [2.45, 2.75) is 22.6 Å². The molecule has 3 aromatic rings. The number of rotatable bonds is 2. The van der Waals surface area contributed by atoms with Crippen molar-refractivity contribution < 1.29 is 49.2 Å². The van der Waals surface area contributed by atoms with Crippen LogP contribution in [0, 0.1) is 0 Å². The predicted molar refractivity (Wildman–Crippen MR) is 111 cm³/mol. The molecule has 0 nitrogen and oxygen atoms in total. The van der Waals surface area contributed by atoms with Crippen molar-refractivity contribution >= 4 is 23.7 Å². The normalized spacial score (nSPS) is 22.8. The SMILES string of the molecule is CC[Si]1(Cl)C2=C1[CH]([Hf+2])c1cccc(C3c4ccccc4-c4ccccc43)c12.[Cl-].[Cl-]. The van der Waals surface area contributed by atoms with Gasteiger partial charge < -0.3 is 24.8 Å². The number of allylic oxidation sites excluding steroid dienone is 1. The maximum Gasteiger partial charge on any atom is -1.00 e. The molecule has 0 aromatic heterocycles. The number of fused-ring (bicyclic) bond motifs is 5. The van der Waals surface area contributed by atoms with E-state index in [0.717, 1.165) is 6.04 Å². The number of hydrogen-bond donors (Lipinski definition) is 0. The van der Waals surface area contributed by atoms with Crippen LogP contribution in [0.2, 0.25) is 6.04 Å². The van der Waals surface area contributed by atoms with Crippen LogP contribution in [0.1, 0.15) is 44.3 Å². The summed E-state index contributed by atoms with van der Waals surface area (Å²) in [5, 5.41) is 3.26. The van der Waals surface area contributed by atoms with Gasteiger partial charge in [-0.3, -0.25) is 0 Å². The molecule has 3 aliphatic rings. The first-order valence-electron chi connectivity index (χ1n) is 9.63. The topological polar surface area (TPSA) is 0 Å². The zero-order chi connectivity index (χ0) is 18.3. The summed E-state index contributed by atoms with van der Waals surface area (Å²) < 4.78 is 0.644. The third-order valence-corrected chi connectivity index (χ3v) is 15.2. The molecule has 2 aliphatic carbocycles. The van der Waals surface area contributed by atoms with Crippen LogP contribution in [0.15, 0.2) is 71.9 Å². The van der Waals surface area contributed by atoms with Crippen LogP contribution < -0.4 is 24.8 Å². The van der Waals surface area contributed by atoms with Gasteiger partial charge in [0.05, 0.1) is 0 Å². The van der Waals surface area contributed by atoms with Crippen LogP contribution in [0.25, 0.3) is 16.3 Å². The standard InChI is InChI=1S/C24H18ClSi.2ClH.Hf/c1-2-26(25)21-14-15-8-7-13-20(22(15)24(21)26)23-18-11-5-3-9-16(18)17-10-4-6-12-19(17)23;;;/h3-14,23H,2H2,1H3;2*1H;/q;;;+2/p-2. The molecular formula is C24H18Cl3HfSi. The minimum Gasteiger partial charge on any atom is -1.00 e. The van der Waals surface area contributed by atoms with Crippen molar-refractivity contribution in [2.75, 3.05) is 0 Å². The molecule has 1 heterocycles. The first-order valence-corrected chi connectivity index (χ1v) is 14.9. The smallest absolute Gasteiger partial charge is 1.00 e. The zero-order valence-electron chi connectivity index (χ0n) is 15.8. The molecule has 0 bridgehead atoms. The van der Waals surface area contributed by atoms with Crippen molar-refractivity contribution in [2.24, 2.45) is 0 Å². The second-order valence-electron chi connectivity index (χ2n) is 7.80. The fourth-order valence-corrected chi connectivity index (χ4v) is 15.6. The molecule has 0 fully saturated rings. The molecule has 0 saturated heterocycles. The molecule has 0 amide bonds. The summed E-state index contributed by atoms with van der Waals surface area (Å²) in [6.07, 6.45) is 0. The van der Waals surface area contributed by atoms with Crippen molar-refractivity contribution in [3.05, 3.63) is 99.7 Å². The maximum absolute atomic E-state index is 7.19. The largest absolute Gasteiger partial charge is 1.00 e. The number of halogens is 3. The summed E-state index contributed by atoms with van der Waals surface area (Å²) in [4.78, 5) is 0. The molecule has 143 valence electrons. The second-order valence-corrected chi connectivity index (χ2v) is 15.2. The van der Waals surface area contributed by atoms with E-state index < -0.39 is 7.38 Å². The molecule has 0 spiro atoms. The third kappa shape index (κ3) is 2.72. The van der Waals surface area contributed by atoms with Gasteiger partial charge in [0.25, 0.3) is 0 Å². The Morgan fingerprint density at radius 3 is 1.90 bits per heavy atom. The van der Waals surface area contributed by atoms with Gasteiger partial charge in [-0.05, 0) is 0 Å². The van der Waals surface area contributed by atoms with Gasteiger partial charge in [-0.2, -0.15) is 0 Å². The Hall–Kier alpha value is -0.643. The van der Waals surface area contributed by atoms with Crippen LogP contribution in [0.5, 0.6) is 0 Å². The summed E-state index contributed by atoms with van der Waals surface area (Å²) in [5.74, 6) is 0.334. The monoisotopic (exact) mass is 619 g/mol. The number of hydrogen-bond acceptors (Lipinski definition) is 0. The van der Waals surface area contributed by atoms with E-state index >= 15 is 0 Å². The zero-order valence-corrected chi connectivity index (χ0v) is 22.7. The first kappa shape index (κ1) is 21.6. The van der Waals surface area contributed by atoms with Gasteiger partial charge in [-0.15, -0.1) is 0 Å². The van der Waals surface area contributed by atoms with Crippen molar-refractivity contribution in [1.82, 2.24) is 0 Å². The molecular weight excluding hydrogens is 601 g/mol. The van der Waals surface area contributed by atoms with Crippen LogP contribution >= 0.6 is 11.1 Å². The van der Waals surface area contributed by atoms with Gasteiger partial charge in [-0.1, -0.05) is 0 Å². The fourth-order valence-electron chi connectivity index (χ4n) is 5.40. The predicted octanol–water partition coefficient (Wildman–Crippen LogP) is 0.507. The summed E-state index contributed by atoms with van der Waals surface area (Å²) in [6.45, 7) is 2.29. The quantitative estimate of drug-likeness (QED) is 0.227. The minimum atomic E-state index is -1.77. The molecule has 5 heteroatoms. The minimum absolute atomic E-state index is 0. The van der Waals surface area contributed by atoms with E-state index in [4.69, 9.17) is 11.1 Å². The molecule has 0 saturated carbocycles. The van der Waals surface area contributed by atoms with Crippen molar-refractivity contribution in [3.63, 3.8) is 0 Å². The summed E-state index contributed by atoms with van der Waals surface area (Å²) in [5.41, 5.74) is 10.3. The van der Waals surface area contributed by atoms with E-state index in [9.17, 15) is 0 Å². The molecule has 2 atom stereocenters. The molecule has 1 aliphatic heterocycles. The van der Waals surface area contributed by atoms with E-state index in [1.165, 1.54) is 57.8 Å². The average Bonchev–Trinajstić information content (AvgIpc) is 3.02. The first-order chi connectivity index (χ1) is 13.2. The second kappa shape index (κ2) is 7.49. The maximum atomic E-state index is 7.19. The summed E-state index contributed by atoms with van der Waals surface area (Å²) >= 11 is 8.35. The molecule has 0 N–H and O–H groups in total. The van der Waals surface area contributed by atoms with Crippen molar-refractivity contribution in [3.8, 4) is 11.1 Å². The van der Waals surface area contributed by atoms with E-state index in [-0.39, 0.29) is 24.8 Å². The van der Waals surface area contributed by atoms with Crippen LogP contribution in [0.3, 0.4) is 0 Å². The number of benzene rings is 3. The Morgan fingerprint density at radius 1 is 0.793 bits per heavy atom. The van der Waals surface area contributed by atoms with Gasteiger partial charge in [0, 0.05) is 0 Å². The van der Waals surface area contributed by atoms with Gasteiger partial charge in [0.1, 0.15) is 0 Å². The van der Waals surface area contributed by atoms with Crippen LogP contribution in [-0.4, -0.2) is 7.38 Å². The molecule has 0 radical (unpaired) electrons. The van der Waals surface area contributed by atoms with E-state index in [1.807, 2.05) is 0 Å². The van der Waals surface area contributed by atoms with Crippen molar-refractivity contribution in [1.29, 1.82) is 0 Å². The molecule has 2 unspecified atom stereocenters. The van der Waals surface area contributed by atoms with E-state index in [0.29, 0.717) is 9.59 Å². The Labute approximate surface area is 204 Å². The Balaban J connectivity index is 0.00000102. The Bertz CT molecular complexity index is 1130. The summed E-state index contributed by atoms with van der Waals surface area (Å²) in [7, 11) is -1.77. The molecule has 3 aromatic carbocycles. The van der Waals surface area contributed by atoms with Crippen LogP contribution in [0.4, 0.5) is 0 Å². The Morgan fingerprint density at radius 2 is 1.31 bits per heavy atom. The van der Waals surface area contributed by atoms with Gasteiger partial charge >= 0.3 is 181 Å².